The third-order valence-electron chi connectivity index (χ3n) is 1.19. The number of amides is 1. The van der Waals surface area contributed by atoms with Crippen LogP contribution in [0.1, 0.15) is 10.4 Å². The molecule has 0 radical (unpaired) electrons. The van der Waals surface area contributed by atoms with Gasteiger partial charge in [0.25, 0.3) is 0 Å². The SMILES string of the molecule is NC(=O)c1cc(O)cc(O)c1. The minimum atomic E-state index is -0.684. The van der Waals surface area contributed by atoms with E-state index in [0.717, 1.165) is 6.07 Å². The van der Waals surface area contributed by atoms with Gasteiger partial charge in [0.15, 0.2) is 0 Å². The van der Waals surface area contributed by atoms with Gasteiger partial charge in [0, 0.05) is 11.6 Å². The summed E-state index contributed by atoms with van der Waals surface area (Å²) < 4.78 is 0. The van der Waals surface area contributed by atoms with Gasteiger partial charge < -0.3 is 15.9 Å². The van der Waals surface area contributed by atoms with Crippen molar-refractivity contribution in [1.82, 2.24) is 0 Å². The summed E-state index contributed by atoms with van der Waals surface area (Å²) >= 11 is 0. The van der Waals surface area contributed by atoms with Crippen LogP contribution in [0.5, 0.6) is 11.5 Å². The third-order valence-corrected chi connectivity index (χ3v) is 1.19. The van der Waals surface area contributed by atoms with Crippen molar-refractivity contribution in [2.45, 2.75) is 0 Å². The standard InChI is InChI=1S/C7H7NO3/c8-7(11)4-1-5(9)3-6(10)2-4/h1-3,9-10H,(H2,8,11). The lowest BCUT2D eigenvalue weighted by Gasteiger charge is -1.97. The molecule has 0 saturated heterocycles. The van der Waals surface area contributed by atoms with Crippen LogP contribution in [-0.4, -0.2) is 16.1 Å². The number of nitrogens with two attached hydrogens (primary N) is 1. The van der Waals surface area contributed by atoms with Crippen LogP contribution in [0.15, 0.2) is 18.2 Å². The molecule has 1 rings (SSSR count). The van der Waals surface area contributed by atoms with E-state index < -0.39 is 5.91 Å². The van der Waals surface area contributed by atoms with Crippen molar-refractivity contribution in [3.05, 3.63) is 23.8 Å². The first-order valence-electron chi connectivity index (χ1n) is 2.92. The van der Waals surface area contributed by atoms with Gasteiger partial charge in [-0.1, -0.05) is 0 Å². The summed E-state index contributed by atoms with van der Waals surface area (Å²) in [5, 5.41) is 17.8. The van der Waals surface area contributed by atoms with Crippen LogP contribution in [0, 0.1) is 0 Å². The second-order valence-electron chi connectivity index (χ2n) is 2.10. The smallest absolute Gasteiger partial charge is 0.248 e. The molecule has 4 N–H and O–H groups in total. The summed E-state index contributed by atoms with van der Waals surface area (Å²) in [6.07, 6.45) is 0. The molecule has 4 nitrogen and oxygen atoms in total. The van der Waals surface area contributed by atoms with Gasteiger partial charge >= 0.3 is 0 Å². The molecule has 0 aliphatic rings. The normalized spacial score (nSPS) is 9.45. The van der Waals surface area contributed by atoms with Gasteiger partial charge in [0.05, 0.1) is 0 Å². The maximum atomic E-state index is 10.5. The number of benzene rings is 1. The van der Waals surface area contributed by atoms with E-state index in [1.54, 1.807) is 0 Å². The number of primary amides is 1. The Morgan fingerprint density at radius 3 is 2.00 bits per heavy atom. The number of rotatable bonds is 1. The molecule has 4 heteroatoms. The number of aromatic hydroxyl groups is 2. The van der Waals surface area contributed by atoms with Crippen molar-refractivity contribution < 1.29 is 15.0 Å². The minimum Gasteiger partial charge on any atom is -0.508 e. The molecule has 0 aliphatic carbocycles. The minimum absolute atomic E-state index is 0.0856. The first-order chi connectivity index (χ1) is 5.09. The van der Waals surface area contributed by atoms with E-state index in [-0.39, 0.29) is 17.1 Å². The Morgan fingerprint density at radius 2 is 1.64 bits per heavy atom. The Bertz CT molecular complexity index is 275. The topological polar surface area (TPSA) is 83.6 Å². The molecule has 58 valence electrons. The summed E-state index contributed by atoms with van der Waals surface area (Å²) in [6.45, 7) is 0. The molecule has 0 unspecified atom stereocenters. The molecule has 1 amide bonds. The second kappa shape index (κ2) is 2.49. The molecule has 11 heavy (non-hydrogen) atoms. The summed E-state index contributed by atoms with van der Waals surface area (Å²) in [7, 11) is 0. The Hall–Kier alpha value is -1.71. The largest absolute Gasteiger partial charge is 0.508 e. The fourth-order valence-corrected chi connectivity index (χ4v) is 0.737. The van der Waals surface area contributed by atoms with Gasteiger partial charge in [-0.3, -0.25) is 4.79 Å². The Morgan fingerprint density at radius 1 is 1.18 bits per heavy atom. The van der Waals surface area contributed by atoms with Crippen molar-refractivity contribution in [1.29, 1.82) is 0 Å². The summed E-state index contributed by atoms with van der Waals surface area (Å²) in [4.78, 5) is 10.5. The lowest BCUT2D eigenvalue weighted by molar-refractivity contribution is 0.0999. The molecule has 0 fully saturated rings. The van der Waals surface area contributed by atoms with Crippen LogP contribution >= 0.6 is 0 Å². The van der Waals surface area contributed by atoms with E-state index in [2.05, 4.69) is 0 Å². The highest BCUT2D eigenvalue weighted by atomic mass is 16.3. The molecule has 0 aromatic heterocycles. The second-order valence-corrected chi connectivity index (χ2v) is 2.10. The highest BCUT2D eigenvalue weighted by Crippen LogP contribution is 2.19. The first kappa shape index (κ1) is 7.40. The van der Waals surface area contributed by atoms with Gasteiger partial charge in [-0.05, 0) is 12.1 Å². The van der Waals surface area contributed by atoms with E-state index in [4.69, 9.17) is 15.9 Å². The zero-order valence-corrected chi connectivity index (χ0v) is 5.61. The van der Waals surface area contributed by atoms with Crippen LogP contribution < -0.4 is 5.73 Å². The highest BCUT2D eigenvalue weighted by Gasteiger charge is 2.02. The average Bonchev–Trinajstić information content (AvgIpc) is 1.85. The van der Waals surface area contributed by atoms with Crippen molar-refractivity contribution in [3.63, 3.8) is 0 Å². The van der Waals surface area contributed by atoms with Crippen LogP contribution in [-0.2, 0) is 0 Å². The number of carbonyl (C=O) groups excluding carboxylic acids is 1. The van der Waals surface area contributed by atoms with E-state index in [1.807, 2.05) is 0 Å². The van der Waals surface area contributed by atoms with Crippen molar-refractivity contribution in [2.75, 3.05) is 0 Å². The van der Waals surface area contributed by atoms with Crippen LogP contribution in [0.3, 0.4) is 0 Å². The number of carbonyl (C=O) groups is 1. The van der Waals surface area contributed by atoms with E-state index in [9.17, 15) is 4.79 Å². The average molecular weight is 153 g/mol. The Kier molecular flexibility index (Phi) is 1.68. The number of hydrogen-bond donors (Lipinski definition) is 3. The molecule has 0 saturated carbocycles. The quantitative estimate of drug-likeness (QED) is 0.538. The van der Waals surface area contributed by atoms with Gasteiger partial charge in [0.2, 0.25) is 5.91 Å². The molecule has 1 aromatic carbocycles. The lowest BCUT2D eigenvalue weighted by Crippen LogP contribution is -2.10. The Labute approximate surface area is 62.9 Å². The number of phenols is 2. The summed E-state index contributed by atoms with van der Waals surface area (Å²) in [5.41, 5.74) is 4.98. The van der Waals surface area contributed by atoms with Crippen molar-refractivity contribution >= 4 is 5.91 Å². The van der Waals surface area contributed by atoms with Gasteiger partial charge in [-0.15, -0.1) is 0 Å². The van der Waals surface area contributed by atoms with E-state index in [1.165, 1.54) is 12.1 Å². The number of phenolic OH excluding ortho intramolecular Hbond substituents is 2. The van der Waals surface area contributed by atoms with Crippen molar-refractivity contribution in [3.8, 4) is 11.5 Å². The van der Waals surface area contributed by atoms with Crippen LogP contribution in [0.25, 0.3) is 0 Å². The maximum Gasteiger partial charge on any atom is 0.248 e. The summed E-state index contributed by atoms with van der Waals surface area (Å²) in [5.74, 6) is -1.05. The third kappa shape index (κ3) is 1.61. The zero-order chi connectivity index (χ0) is 8.43. The molecule has 0 bridgehead atoms. The summed E-state index contributed by atoms with van der Waals surface area (Å²) in [6, 6.07) is 3.48. The van der Waals surface area contributed by atoms with Crippen LogP contribution in [0.4, 0.5) is 0 Å². The van der Waals surface area contributed by atoms with Gasteiger partial charge in [-0.25, -0.2) is 0 Å². The Balaban J connectivity index is 3.19. The molecule has 0 spiro atoms. The molecular formula is C7H7NO3. The molecule has 0 heterocycles. The zero-order valence-electron chi connectivity index (χ0n) is 5.61. The fraction of sp³-hybridized carbons (Fsp3) is 0. The maximum absolute atomic E-state index is 10.5. The molecular weight excluding hydrogens is 146 g/mol. The van der Waals surface area contributed by atoms with Gasteiger partial charge in [0.1, 0.15) is 11.5 Å². The molecule has 0 atom stereocenters. The monoisotopic (exact) mass is 153 g/mol. The predicted octanol–water partition coefficient (Wildman–Crippen LogP) is 0.197. The first-order valence-corrected chi connectivity index (χ1v) is 2.92. The predicted molar refractivity (Wildman–Crippen MR) is 38.3 cm³/mol. The fourth-order valence-electron chi connectivity index (χ4n) is 0.737. The van der Waals surface area contributed by atoms with Gasteiger partial charge in [-0.2, -0.15) is 0 Å². The highest BCUT2D eigenvalue weighted by molar-refractivity contribution is 5.93. The van der Waals surface area contributed by atoms with Crippen molar-refractivity contribution in [2.24, 2.45) is 5.73 Å². The lowest BCUT2D eigenvalue weighted by atomic mass is 10.2. The molecule has 1 aromatic rings. The van der Waals surface area contributed by atoms with E-state index in [0.29, 0.717) is 0 Å². The van der Waals surface area contributed by atoms with E-state index >= 15 is 0 Å². The number of hydrogen-bond acceptors (Lipinski definition) is 3. The van der Waals surface area contributed by atoms with Crippen LogP contribution in [0.2, 0.25) is 0 Å². The molecule has 0 aliphatic heterocycles.